The number of halogens is 4. The van der Waals surface area contributed by atoms with Crippen LogP contribution in [-0.2, 0) is 56.8 Å². The second-order valence-corrected chi connectivity index (χ2v) is 35.6. The van der Waals surface area contributed by atoms with Crippen molar-refractivity contribution in [3.8, 4) is 0 Å². The minimum absolute atomic E-state index is 0.0107. The molecule has 2 amide bonds. The second kappa shape index (κ2) is 45.5. The SMILES string of the molecule is C=C1C=CN([C@@H]2O[C@H](COC(C)C)[C@@H](O)[C@@]2(C)O)C(=O)N1.CC1=NC=NC2C1N=CN2[C@@H]1O[C@H](C(C)OC(C)C)[C@@H](O)[C@H]1F.CC1=NC=NC2C1N=CN2[C@@H]1O[C@H](C(C)OC(C)C)[C@@H](O)[C@H]1O.Cc1ccn([C@@H]2O[C@H](C(C)OC(C)C)[C@@H](O)C2(F)F)c(=O)n1.Cc1ccn([C@@H]2O[C@H](C(C)OC(C)C)[C@@H](O)[C@@H]2O)c(=O)n1.Cc1ccn([C@@H]2O[C@H](C(C)OC(C)C)[C@@H](O)[C@H]2F)c(=O)n1. The Morgan fingerprint density at radius 3 is 1.24 bits per heavy atom. The normalized spacial score (nSPS) is 34.9. The lowest BCUT2D eigenvalue weighted by atomic mass is 9.96. The molecule has 0 bridgehead atoms. The van der Waals surface area contributed by atoms with Crippen LogP contribution in [0, 0.1) is 20.8 Å². The topological polar surface area (TPSA) is 510 Å². The van der Waals surface area contributed by atoms with Gasteiger partial charge in [0.15, 0.2) is 61.9 Å². The van der Waals surface area contributed by atoms with Crippen LogP contribution >= 0.6 is 0 Å². The first kappa shape index (κ1) is 107. The van der Waals surface area contributed by atoms with Crippen molar-refractivity contribution < 1.29 is 125 Å². The first-order valence-corrected chi connectivity index (χ1v) is 43.8. The highest BCUT2D eigenvalue weighted by atomic mass is 19.3. The van der Waals surface area contributed by atoms with Crippen LogP contribution in [0.5, 0.6) is 0 Å². The number of hydrogen-bond donors (Lipinski definition) is 10. The summed E-state index contributed by atoms with van der Waals surface area (Å²) >= 11 is 0. The first-order chi connectivity index (χ1) is 61.3. The zero-order valence-electron chi connectivity index (χ0n) is 78.0. The van der Waals surface area contributed by atoms with Gasteiger partial charge in [-0.3, -0.25) is 28.6 Å². The fourth-order valence-corrected chi connectivity index (χ4v) is 16.3. The Morgan fingerprint density at radius 1 is 0.458 bits per heavy atom. The van der Waals surface area contributed by atoms with Gasteiger partial charge in [-0.05, 0) is 184 Å². The predicted molar refractivity (Wildman–Crippen MR) is 468 cm³/mol. The lowest BCUT2D eigenvalue weighted by Crippen LogP contribution is -2.55. The number of allylic oxidation sites excluding steroid dienone is 1. The van der Waals surface area contributed by atoms with Crippen LogP contribution < -0.4 is 22.4 Å². The molecule has 9 unspecified atom stereocenters. The molecule has 41 nitrogen and oxygen atoms in total. The Balaban J connectivity index is 0.000000177. The van der Waals surface area contributed by atoms with E-state index in [1.54, 1.807) is 96.7 Å². The number of aliphatic imine (C=N–C) groups is 6. The van der Waals surface area contributed by atoms with Gasteiger partial charge in [-0.1, -0.05) is 6.58 Å². The Morgan fingerprint density at radius 2 is 0.824 bits per heavy atom. The molecule has 45 heteroatoms. The third-order valence-electron chi connectivity index (χ3n) is 22.6. The van der Waals surface area contributed by atoms with E-state index in [1.807, 2.05) is 90.0 Å². The van der Waals surface area contributed by atoms with Crippen LogP contribution in [0.25, 0.3) is 0 Å². The second-order valence-electron chi connectivity index (χ2n) is 35.6. The molecule has 10 N–H and O–H groups in total. The zero-order chi connectivity index (χ0) is 97.3. The van der Waals surface area contributed by atoms with E-state index >= 15 is 0 Å². The summed E-state index contributed by atoms with van der Waals surface area (Å²) in [7, 11) is 0. The van der Waals surface area contributed by atoms with Gasteiger partial charge in [0.05, 0.1) is 86.4 Å². The summed E-state index contributed by atoms with van der Waals surface area (Å²) in [6, 6.07) is 3.79. The van der Waals surface area contributed by atoms with Gasteiger partial charge in [-0.2, -0.15) is 23.7 Å². The van der Waals surface area contributed by atoms with Crippen molar-refractivity contribution in [3.63, 3.8) is 0 Å². The van der Waals surface area contributed by atoms with Crippen LogP contribution in [0.4, 0.5) is 22.4 Å². The lowest BCUT2D eigenvalue weighted by Gasteiger charge is -2.35. The first-order valence-electron chi connectivity index (χ1n) is 43.8. The van der Waals surface area contributed by atoms with Crippen LogP contribution in [-0.4, -0.2) is 358 Å². The standard InChI is InChI=1S/C15H23FN4O3.C15H24N4O4.C14H20F2N2O4.C14H21FN2O4.2C14H22N2O5/c1-7(2)22-9(4)13-12(21)10(16)15(23-13)20-6-19-11-8(3)17-5-18-14(11)20;1-7(2)22-9(4)13-11(20)12(21)15(23-13)19-6-18-10-8(3)16-5-17-14(10)19;1-7(2)21-9(4)10-11(19)14(15,16)12(22-10)18-6-5-8(3)17-13(18)20;1-7(2)20-9(4)12-11(18)10(15)13(21-12)17-6-5-8(3)16-14(17)19;1-8(2)20-7-10-11(17)14(4,19)12(21-10)16-6-5-9(3)15-13(16)18;1-7(2)20-9(4)12-10(17)11(18)13(21-12)16-6-5-8(3)15-14(16)19/h5-7,9-15,21H,1-4H3;5-7,9-15,20-21H,1-4H3;5-7,9-12,19H,1-4H3;5-7,9-13,18H,1-4H3;5-6,8,10-12,17,19H,3,7H2,1-2,4H3,(H,15,18);5-7,9-13,17-18H,1-4H3/t9?,10-,11?,12+,13-,14?,15-;9?,10?,11-,12+,13+,14?,15+;9?,10-,11-,12-;9?,10-,11+,12-,13-;10-,11-,12-,14-;9?,10-,11-,12+,13+/m101110/s1. The van der Waals surface area contributed by atoms with Gasteiger partial charge < -0.3 is 118 Å². The van der Waals surface area contributed by atoms with Crippen LogP contribution in [0.3, 0.4) is 0 Å². The van der Waals surface area contributed by atoms with Crippen molar-refractivity contribution in [2.24, 2.45) is 30.0 Å². The quantitative estimate of drug-likeness (QED) is 0.0576. The number of nitrogens with one attached hydrogen (secondary N) is 1. The van der Waals surface area contributed by atoms with E-state index < -0.39 is 194 Å². The van der Waals surface area contributed by atoms with Crippen molar-refractivity contribution in [3.05, 3.63) is 110 Å². The van der Waals surface area contributed by atoms with Gasteiger partial charge in [0.25, 0.3) is 0 Å². The van der Waals surface area contributed by atoms with Gasteiger partial charge in [0, 0.05) is 59.0 Å². The predicted octanol–water partition coefficient (Wildman–Crippen LogP) is 3.06. The molecule has 131 heavy (non-hydrogen) atoms. The Labute approximate surface area is 757 Å². The molecule has 6 saturated heterocycles. The van der Waals surface area contributed by atoms with E-state index in [9.17, 15) is 82.7 Å². The lowest BCUT2D eigenvalue weighted by molar-refractivity contribution is -0.142. The molecule has 0 aliphatic carbocycles. The van der Waals surface area contributed by atoms with Gasteiger partial charge >= 0.3 is 29.0 Å². The summed E-state index contributed by atoms with van der Waals surface area (Å²) in [5.41, 5.74) is 0.0921. The summed E-state index contributed by atoms with van der Waals surface area (Å²) < 4.78 is 127. The Hall–Kier alpha value is -8.11. The van der Waals surface area contributed by atoms with Crippen molar-refractivity contribution in [1.29, 1.82) is 0 Å². The Bertz CT molecular complexity index is 4510. The average molecular weight is 1870 g/mol. The molecule has 3 aromatic heterocycles. The monoisotopic (exact) mass is 1860 g/mol. The highest BCUT2D eigenvalue weighted by Gasteiger charge is 2.62. The van der Waals surface area contributed by atoms with E-state index in [4.69, 9.17) is 56.8 Å². The number of hydrogen-bond acceptors (Lipinski definition) is 36. The molecule has 32 atom stereocenters. The maximum atomic E-state index is 14.6. The smallest absolute Gasteiger partial charge is 0.350 e. The number of carbonyl (C=O) groups excluding carboxylic acids is 1. The summed E-state index contributed by atoms with van der Waals surface area (Å²) in [5.74, 6) is -3.62. The number of aromatic nitrogens is 6. The molecule has 0 saturated carbocycles. The molecule has 14 heterocycles. The van der Waals surface area contributed by atoms with E-state index in [0.717, 1.165) is 16.0 Å². The molecule has 14 rings (SSSR count). The number of fused-ring (bicyclic) bond motifs is 2. The van der Waals surface area contributed by atoms with Crippen molar-refractivity contribution in [2.75, 3.05) is 6.61 Å². The zero-order valence-corrected chi connectivity index (χ0v) is 78.0. The number of urea groups is 1. The molecular weight excluding hydrogens is 1730 g/mol. The van der Waals surface area contributed by atoms with E-state index in [0.29, 0.717) is 27.3 Å². The van der Waals surface area contributed by atoms with Crippen LogP contribution in [0.15, 0.2) is 106 Å². The number of carbonyl (C=O) groups is 1. The third kappa shape index (κ3) is 25.4. The van der Waals surface area contributed by atoms with Crippen molar-refractivity contribution >= 4 is 42.8 Å². The summed E-state index contributed by atoms with van der Waals surface area (Å²) in [6.07, 6.45) is -15.2. The Kier molecular flexibility index (Phi) is 37.0. The highest BCUT2D eigenvalue weighted by molar-refractivity contribution is 5.98. The average Bonchev–Trinajstić information content (AvgIpc) is 1.62. The van der Waals surface area contributed by atoms with Gasteiger partial charge in [0.2, 0.25) is 6.23 Å². The van der Waals surface area contributed by atoms with Crippen LogP contribution in [0.2, 0.25) is 0 Å². The van der Waals surface area contributed by atoms with Crippen LogP contribution in [0.1, 0.15) is 174 Å². The molecule has 6 fully saturated rings. The number of alkyl halides is 4. The third-order valence-corrected chi connectivity index (χ3v) is 22.6. The molecule has 11 aliphatic heterocycles. The number of aliphatic hydroxyl groups excluding tert-OH is 8. The van der Waals surface area contributed by atoms with E-state index in [1.165, 1.54) is 66.3 Å². The number of rotatable bonds is 24. The number of nitrogens with zero attached hydrogens (tertiary/aromatic N) is 15. The maximum Gasteiger partial charge on any atom is 0.350 e. The van der Waals surface area contributed by atoms with Gasteiger partial charge in [-0.15, -0.1) is 0 Å². The molecule has 0 radical (unpaired) electrons. The number of aliphatic hydroxyl groups is 9. The summed E-state index contributed by atoms with van der Waals surface area (Å²) in [5, 5.41) is 94.3. The van der Waals surface area contributed by atoms with Crippen molar-refractivity contribution in [2.45, 2.75) is 397 Å². The molecule has 3 aromatic rings. The molecule has 0 spiro atoms. The largest absolute Gasteiger partial charge is 0.387 e. The van der Waals surface area contributed by atoms with Gasteiger partial charge in [-0.25, -0.2) is 47.9 Å². The fourth-order valence-electron chi connectivity index (χ4n) is 16.3. The van der Waals surface area contributed by atoms with E-state index in [2.05, 4.69) is 56.8 Å². The molecular formula is C86H132F4N16O25. The number of amides is 2. The van der Waals surface area contributed by atoms with Crippen molar-refractivity contribution in [1.82, 2.24) is 48.7 Å². The minimum Gasteiger partial charge on any atom is -0.387 e. The highest BCUT2D eigenvalue weighted by Crippen LogP contribution is 2.45. The number of ether oxygens (including phenoxy) is 12. The fraction of sp³-hybridized carbons (Fsp3) is 0.733. The number of aryl methyl sites for hydroxylation is 3. The maximum absolute atomic E-state index is 14.6. The van der Waals surface area contributed by atoms with Gasteiger partial charge in [0.1, 0.15) is 110 Å². The summed E-state index contributed by atoms with van der Waals surface area (Å²) in [4.78, 5) is 88.8. The molecule has 0 aromatic carbocycles. The molecule has 11 aliphatic rings. The van der Waals surface area contributed by atoms with E-state index in [-0.39, 0.29) is 73.7 Å². The molecule has 734 valence electrons. The minimum atomic E-state index is -3.62. The summed E-state index contributed by atoms with van der Waals surface area (Å²) in [6.45, 7) is 44.8.